The smallest absolute Gasteiger partial charge is 0.348 e. The van der Waals surface area contributed by atoms with E-state index in [0.717, 1.165) is 27.3 Å². The molecule has 150 valence electrons. The number of ether oxygens (including phenoxy) is 3. The van der Waals surface area contributed by atoms with Crippen molar-refractivity contribution in [2.75, 3.05) is 13.7 Å². The van der Waals surface area contributed by atoms with Crippen LogP contribution in [0.4, 0.5) is 0 Å². The van der Waals surface area contributed by atoms with E-state index in [9.17, 15) is 9.59 Å². The van der Waals surface area contributed by atoms with Crippen molar-refractivity contribution >= 4 is 23.2 Å². The summed E-state index contributed by atoms with van der Waals surface area (Å²) >= 11 is 1.40. The fourth-order valence-electron chi connectivity index (χ4n) is 2.74. The second kappa shape index (κ2) is 9.25. The highest BCUT2D eigenvalue weighted by Gasteiger charge is 2.15. The molecule has 0 radical (unpaired) electrons. The van der Waals surface area contributed by atoms with E-state index in [2.05, 4.69) is 0 Å². The molecule has 29 heavy (non-hydrogen) atoms. The van der Waals surface area contributed by atoms with Gasteiger partial charge in [-0.3, -0.25) is 4.79 Å². The Bertz CT molecular complexity index is 1010. The monoisotopic (exact) mass is 411 g/mol. The van der Waals surface area contributed by atoms with Gasteiger partial charge in [-0.25, -0.2) is 4.79 Å². The van der Waals surface area contributed by atoms with Crippen LogP contribution >= 0.6 is 11.3 Å². The lowest BCUT2D eigenvalue weighted by molar-refractivity contribution is -0.119. The summed E-state index contributed by atoms with van der Waals surface area (Å²) < 4.78 is 15.9. The molecule has 0 aliphatic rings. The van der Waals surface area contributed by atoms with E-state index in [1.165, 1.54) is 11.3 Å². The number of thiophene rings is 1. The van der Waals surface area contributed by atoms with Gasteiger partial charge in [0, 0.05) is 4.88 Å². The zero-order chi connectivity index (χ0) is 20.8. The number of methoxy groups -OCH3 is 1. The van der Waals surface area contributed by atoms with Crippen molar-refractivity contribution in [1.82, 2.24) is 0 Å². The maximum absolute atomic E-state index is 12.5. The van der Waals surface area contributed by atoms with Crippen LogP contribution in [0.3, 0.4) is 0 Å². The maximum Gasteiger partial charge on any atom is 0.348 e. The minimum absolute atomic E-state index is 0.0986. The van der Waals surface area contributed by atoms with Crippen molar-refractivity contribution in [2.24, 2.45) is 5.73 Å². The lowest BCUT2D eigenvalue weighted by atomic mass is 10.1. The number of carbonyl (C=O) groups excluding carboxylic acids is 2. The summed E-state index contributed by atoms with van der Waals surface area (Å²) in [7, 11) is 1.62. The highest BCUT2D eigenvalue weighted by molar-refractivity contribution is 7.14. The van der Waals surface area contributed by atoms with E-state index in [0.29, 0.717) is 10.6 Å². The minimum atomic E-state index is -0.553. The maximum atomic E-state index is 12.5. The van der Waals surface area contributed by atoms with Crippen LogP contribution in [-0.4, -0.2) is 25.6 Å². The number of benzene rings is 2. The van der Waals surface area contributed by atoms with Crippen molar-refractivity contribution in [3.05, 3.63) is 69.9 Å². The molecule has 0 bridgehead atoms. The summed E-state index contributed by atoms with van der Waals surface area (Å²) in [4.78, 5) is 24.9. The molecule has 2 N–H and O–H groups in total. The van der Waals surface area contributed by atoms with Gasteiger partial charge >= 0.3 is 5.97 Å². The summed E-state index contributed by atoms with van der Waals surface area (Å²) in [5.41, 5.74) is 7.83. The first-order valence-corrected chi connectivity index (χ1v) is 9.70. The Morgan fingerprint density at radius 2 is 1.79 bits per heavy atom. The quantitative estimate of drug-likeness (QED) is 0.567. The third kappa shape index (κ3) is 5.36. The first-order valence-electron chi connectivity index (χ1n) is 8.88. The van der Waals surface area contributed by atoms with E-state index in [4.69, 9.17) is 19.9 Å². The second-order valence-electron chi connectivity index (χ2n) is 6.29. The average Bonchev–Trinajstić information content (AvgIpc) is 3.12. The Balaban J connectivity index is 1.65. The molecule has 1 amide bonds. The van der Waals surface area contributed by atoms with Crippen LogP contribution in [-0.2, 0) is 16.1 Å². The number of primary amides is 1. The molecule has 0 atom stereocenters. The largest absolute Gasteiger partial charge is 0.497 e. The average molecular weight is 411 g/mol. The minimum Gasteiger partial charge on any atom is -0.497 e. The molecule has 1 aromatic heterocycles. The van der Waals surface area contributed by atoms with Crippen LogP contribution in [0.5, 0.6) is 11.5 Å². The van der Waals surface area contributed by atoms with Crippen LogP contribution in [0.1, 0.15) is 20.1 Å². The molecule has 0 fully saturated rings. The SMILES string of the molecule is COc1ccc(-c2cc(C(=O)OCc3cccc(OCC(N)=O)c3)sc2C)cc1. The first-order chi connectivity index (χ1) is 14.0. The lowest BCUT2D eigenvalue weighted by Gasteiger charge is -2.07. The fraction of sp³-hybridized carbons (Fsp3) is 0.182. The van der Waals surface area contributed by atoms with Crippen molar-refractivity contribution in [3.8, 4) is 22.6 Å². The van der Waals surface area contributed by atoms with Gasteiger partial charge in [-0.1, -0.05) is 24.3 Å². The van der Waals surface area contributed by atoms with Crippen molar-refractivity contribution in [1.29, 1.82) is 0 Å². The summed E-state index contributed by atoms with van der Waals surface area (Å²) in [6.07, 6.45) is 0. The standard InChI is InChI=1S/C22H21NO5S/c1-14-19(16-6-8-17(26-2)9-7-16)11-20(29-14)22(25)28-12-15-4-3-5-18(10-15)27-13-21(23)24/h3-11H,12-13H2,1-2H3,(H2,23,24). The number of hydrogen-bond acceptors (Lipinski definition) is 6. The zero-order valence-corrected chi connectivity index (χ0v) is 17.0. The summed E-state index contributed by atoms with van der Waals surface area (Å²) in [5, 5.41) is 0. The molecular weight excluding hydrogens is 390 g/mol. The molecule has 3 aromatic rings. The Morgan fingerprint density at radius 3 is 2.48 bits per heavy atom. The van der Waals surface area contributed by atoms with Crippen LogP contribution in [0, 0.1) is 6.92 Å². The van der Waals surface area contributed by atoms with Crippen molar-refractivity contribution in [3.63, 3.8) is 0 Å². The molecule has 0 saturated heterocycles. The summed E-state index contributed by atoms with van der Waals surface area (Å²) in [5.74, 6) is 0.332. The van der Waals surface area contributed by atoms with Crippen LogP contribution < -0.4 is 15.2 Å². The predicted octanol–water partition coefficient (Wildman–Crippen LogP) is 3.95. The molecule has 2 aromatic carbocycles. The van der Waals surface area contributed by atoms with E-state index >= 15 is 0 Å². The van der Waals surface area contributed by atoms with Gasteiger partial charge in [-0.15, -0.1) is 11.3 Å². The molecule has 3 rings (SSSR count). The van der Waals surface area contributed by atoms with Gasteiger partial charge in [0.25, 0.3) is 5.91 Å². The van der Waals surface area contributed by atoms with Gasteiger partial charge < -0.3 is 19.9 Å². The molecule has 0 unspecified atom stereocenters. The topological polar surface area (TPSA) is 87.8 Å². The van der Waals surface area contributed by atoms with Crippen molar-refractivity contribution < 1.29 is 23.8 Å². The second-order valence-corrected chi connectivity index (χ2v) is 7.54. The Morgan fingerprint density at radius 1 is 1.03 bits per heavy atom. The van der Waals surface area contributed by atoms with Gasteiger partial charge in [0.2, 0.25) is 0 Å². The summed E-state index contributed by atoms with van der Waals surface area (Å²) in [6, 6.07) is 16.5. The Hall–Kier alpha value is -3.32. The number of aryl methyl sites for hydroxylation is 1. The van der Waals surface area contributed by atoms with Crippen molar-refractivity contribution in [2.45, 2.75) is 13.5 Å². The number of carbonyl (C=O) groups is 2. The number of esters is 1. The number of hydrogen-bond donors (Lipinski definition) is 1. The first kappa shape index (κ1) is 20.4. The third-order valence-electron chi connectivity index (χ3n) is 4.17. The van der Waals surface area contributed by atoms with Gasteiger partial charge in [0.05, 0.1) is 7.11 Å². The van der Waals surface area contributed by atoms with Gasteiger partial charge in [-0.05, 0) is 53.9 Å². The lowest BCUT2D eigenvalue weighted by Crippen LogP contribution is -2.20. The molecule has 6 nitrogen and oxygen atoms in total. The third-order valence-corrected chi connectivity index (χ3v) is 5.20. The molecule has 7 heteroatoms. The van der Waals surface area contributed by atoms with E-state index in [1.54, 1.807) is 25.3 Å². The van der Waals surface area contributed by atoms with E-state index in [1.807, 2.05) is 43.3 Å². The molecular formula is C22H21NO5S. The van der Waals surface area contributed by atoms with Crippen LogP contribution in [0.15, 0.2) is 54.6 Å². The molecule has 0 spiro atoms. The molecule has 1 heterocycles. The Labute approximate surface area is 172 Å². The van der Waals surface area contributed by atoms with E-state index in [-0.39, 0.29) is 19.2 Å². The number of rotatable bonds is 8. The zero-order valence-electron chi connectivity index (χ0n) is 16.1. The highest BCUT2D eigenvalue weighted by atomic mass is 32.1. The highest BCUT2D eigenvalue weighted by Crippen LogP contribution is 2.32. The van der Waals surface area contributed by atoms with Gasteiger partial charge in [0.1, 0.15) is 23.0 Å². The summed E-state index contributed by atoms with van der Waals surface area (Å²) in [6.45, 7) is 1.87. The fourth-order valence-corrected chi connectivity index (χ4v) is 3.68. The Kier molecular flexibility index (Phi) is 6.51. The van der Waals surface area contributed by atoms with Gasteiger partial charge in [0.15, 0.2) is 6.61 Å². The molecule has 0 aliphatic carbocycles. The van der Waals surface area contributed by atoms with Gasteiger partial charge in [-0.2, -0.15) is 0 Å². The number of nitrogens with two attached hydrogens (primary N) is 1. The molecule has 0 aliphatic heterocycles. The van der Waals surface area contributed by atoms with Crippen LogP contribution in [0.25, 0.3) is 11.1 Å². The predicted molar refractivity (Wildman–Crippen MR) is 111 cm³/mol. The number of amides is 1. The van der Waals surface area contributed by atoms with Crippen LogP contribution in [0.2, 0.25) is 0 Å². The van der Waals surface area contributed by atoms with E-state index < -0.39 is 5.91 Å². The molecule has 0 saturated carbocycles. The normalized spacial score (nSPS) is 10.4.